The molecule has 1 nitrogen and oxygen atoms in total. The van der Waals surface area contributed by atoms with Gasteiger partial charge in [0.15, 0.2) is 0 Å². The molecule has 0 radical (unpaired) electrons. The Labute approximate surface area is 106 Å². The summed E-state index contributed by atoms with van der Waals surface area (Å²) in [5.74, 6) is 0. The van der Waals surface area contributed by atoms with Crippen LogP contribution < -0.4 is 0 Å². The Morgan fingerprint density at radius 1 is 1.24 bits per heavy atom. The Hall–Kier alpha value is -0.550. The van der Waals surface area contributed by atoms with Gasteiger partial charge in [0.25, 0.3) is 0 Å². The third-order valence-corrected chi connectivity index (χ3v) is 3.34. The molecule has 17 heavy (non-hydrogen) atoms. The molecule has 1 aliphatic rings. The SMILES string of the molecule is FC(F)(F)c1cc(Br)ccc1C1CCCCO1. The molecule has 1 saturated heterocycles. The number of benzene rings is 1. The zero-order valence-electron chi connectivity index (χ0n) is 9.06. The molecular formula is C12H12BrF3O. The summed E-state index contributed by atoms with van der Waals surface area (Å²) in [5.41, 5.74) is -0.348. The fourth-order valence-electron chi connectivity index (χ4n) is 2.04. The van der Waals surface area contributed by atoms with Gasteiger partial charge in [0.1, 0.15) is 0 Å². The number of ether oxygens (including phenoxy) is 1. The molecule has 1 aromatic carbocycles. The van der Waals surface area contributed by atoms with E-state index in [-0.39, 0.29) is 5.56 Å². The average Bonchev–Trinajstić information content (AvgIpc) is 2.29. The van der Waals surface area contributed by atoms with Gasteiger partial charge in [-0.05, 0) is 37.0 Å². The monoisotopic (exact) mass is 308 g/mol. The van der Waals surface area contributed by atoms with Gasteiger partial charge in [0.05, 0.1) is 11.7 Å². The molecule has 0 N–H and O–H groups in total. The van der Waals surface area contributed by atoms with Gasteiger partial charge >= 0.3 is 6.18 Å². The number of halogens is 4. The van der Waals surface area contributed by atoms with Crippen LogP contribution in [0, 0.1) is 0 Å². The van der Waals surface area contributed by atoms with Crippen LogP contribution in [0.2, 0.25) is 0 Å². The molecule has 0 amide bonds. The predicted octanol–water partition coefficient (Wildman–Crippen LogP) is 4.71. The molecule has 1 heterocycles. The lowest BCUT2D eigenvalue weighted by Gasteiger charge is -2.25. The first kappa shape index (κ1) is 12.9. The molecule has 5 heteroatoms. The van der Waals surface area contributed by atoms with Crippen molar-refractivity contribution in [1.29, 1.82) is 0 Å². The number of rotatable bonds is 1. The maximum atomic E-state index is 12.9. The highest BCUT2D eigenvalue weighted by Crippen LogP contribution is 2.39. The van der Waals surface area contributed by atoms with E-state index in [1.165, 1.54) is 6.07 Å². The highest BCUT2D eigenvalue weighted by Gasteiger charge is 2.36. The Balaban J connectivity index is 2.38. The van der Waals surface area contributed by atoms with Crippen molar-refractivity contribution in [2.24, 2.45) is 0 Å². The summed E-state index contributed by atoms with van der Waals surface area (Å²) in [6.07, 6.45) is -2.26. The van der Waals surface area contributed by atoms with Crippen LogP contribution in [0.4, 0.5) is 13.2 Å². The summed E-state index contributed by atoms with van der Waals surface area (Å²) in [6.45, 7) is 0.540. The van der Waals surface area contributed by atoms with Gasteiger partial charge < -0.3 is 4.74 Å². The predicted molar refractivity (Wildman–Crippen MR) is 61.7 cm³/mol. The Morgan fingerprint density at radius 3 is 2.59 bits per heavy atom. The van der Waals surface area contributed by atoms with E-state index in [1.807, 2.05) is 0 Å². The fraction of sp³-hybridized carbons (Fsp3) is 0.500. The summed E-state index contributed by atoms with van der Waals surface area (Å²) in [4.78, 5) is 0. The molecular weight excluding hydrogens is 297 g/mol. The van der Waals surface area contributed by atoms with Crippen LogP contribution in [0.5, 0.6) is 0 Å². The lowest BCUT2D eigenvalue weighted by atomic mass is 9.96. The lowest BCUT2D eigenvalue weighted by molar-refractivity contribution is -0.140. The first-order chi connectivity index (χ1) is 7.98. The van der Waals surface area contributed by atoms with E-state index in [9.17, 15) is 13.2 Å². The van der Waals surface area contributed by atoms with Crippen LogP contribution >= 0.6 is 15.9 Å². The normalized spacial score (nSPS) is 21.5. The van der Waals surface area contributed by atoms with Crippen LogP contribution in [0.1, 0.15) is 36.5 Å². The summed E-state index contributed by atoms with van der Waals surface area (Å²) in [6, 6.07) is 4.25. The second kappa shape index (κ2) is 4.98. The lowest BCUT2D eigenvalue weighted by Crippen LogP contribution is -2.17. The second-order valence-corrected chi connectivity index (χ2v) is 5.00. The van der Waals surface area contributed by atoms with E-state index in [0.717, 1.165) is 18.9 Å². The number of hydrogen-bond acceptors (Lipinski definition) is 1. The van der Waals surface area contributed by atoms with Gasteiger partial charge in [0.2, 0.25) is 0 Å². The molecule has 1 fully saturated rings. The molecule has 1 aromatic rings. The Morgan fingerprint density at radius 2 is 2.00 bits per heavy atom. The summed E-state index contributed by atoms with van der Waals surface area (Å²) in [7, 11) is 0. The van der Waals surface area contributed by atoms with E-state index in [0.29, 0.717) is 17.5 Å². The molecule has 0 bridgehead atoms. The highest BCUT2D eigenvalue weighted by molar-refractivity contribution is 9.10. The van der Waals surface area contributed by atoms with Gasteiger partial charge in [-0.25, -0.2) is 0 Å². The van der Waals surface area contributed by atoms with Crippen molar-refractivity contribution in [2.75, 3.05) is 6.61 Å². The summed E-state index contributed by atoms with van der Waals surface area (Å²) in [5, 5.41) is 0. The molecule has 1 atom stereocenters. The maximum Gasteiger partial charge on any atom is 0.416 e. The van der Waals surface area contributed by atoms with E-state index in [1.54, 1.807) is 6.07 Å². The van der Waals surface area contributed by atoms with Gasteiger partial charge in [-0.1, -0.05) is 22.0 Å². The van der Waals surface area contributed by atoms with Crippen molar-refractivity contribution in [3.05, 3.63) is 33.8 Å². The zero-order valence-corrected chi connectivity index (χ0v) is 10.6. The zero-order chi connectivity index (χ0) is 12.5. The van der Waals surface area contributed by atoms with Crippen molar-refractivity contribution in [3.63, 3.8) is 0 Å². The highest BCUT2D eigenvalue weighted by atomic mass is 79.9. The van der Waals surface area contributed by atoms with Crippen LogP contribution in [-0.2, 0) is 10.9 Å². The van der Waals surface area contributed by atoms with E-state index >= 15 is 0 Å². The van der Waals surface area contributed by atoms with E-state index < -0.39 is 17.8 Å². The smallest absolute Gasteiger partial charge is 0.374 e. The van der Waals surface area contributed by atoms with Crippen molar-refractivity contribution in [1.82, 2.24) is 0 Å². The minimum absolute atomic E-state index is 0.250. The molecule has 0 saturated carbocycles. The Bertz CT molecular complexity index is 397. The van der Waals surface area contributed by atoms with Crippen molar-refractivity contribution in [3.8, 4) is 0 Å². The third-order valence-electron chi connectivity index (χ3n) is 2.85. The topological polar surface area (TPSA) is 9.23 Å². The van der Waals surface area contributed by atoms with E-state index in [4.69, 9.17) is 4.74 Å². The van der Waals surface area contributed by atoms with Crippen LogP contribution in [0.15, 0.2) is 22.7 Å². The average molecular weight is 309 g/mol. The number of alkyl halides is 3. The largest absolute Gasteiger partial charge is 0.416 e. The first-order valence-electron chi connectivity index (χ1n) is 5.47. The molecule has 0 spiro atoms. The number of hydrogen-bond donors (Lipinski definition) is 0. The van der Waals surface area contributed by atoms with Crippen LogP contribution in [0.3, 0.4) is 0 Å². The van der Waals surface area contributed by atoms with Crippen molar-refractivity contribution >= 4 is 15.9 Å². The standard InChI is InChI=1S/C12H12BrF3O/c13-8-4-5-9(10(7-8)12(14,15)16)11-3-1-2-6-17-11/h4-5,7,11H,1-3,6H2. The van der Waals surface area contributed by atoms with Gasteiger partial charge in [-0.3, -0.25) is 0 Å². The third kappa shape index (κ3) is 3.01. The van der Waals surface area contributed by atoms with Crippen LogP contribution in [0.25, 0.3) is 0 Å². The molecule has 0 aromatic heterocycles. The Kier molecular flexibility index (Phi) is 3.78. The van der Waals surface area contributed by atoms with Crippen molar-refractivity contribution in [2.45, 2.75) is 31.5 Å². The first-order valence-corrected chi connectivity index (χ1v) is 6.26. The van der Waals surface area contributed by atoms with E-state index in [2.05, 4.69) is 15.9 Å². The second-order valence-electron chi connectivity index (χ2n) is 4.08. The summed E-state index contributed by atoms with van der Waals surface area (Å²) >= 11 is 3.07. The molecule has 1 unspecified atom stereocenters. The molecule has 0 aliphatic carbocycles. The summed E-state index contributed by atoms with van der Waals surface area (Å²) < 4.78 is 44.6. The minimum atomic E-state index is -4.33. The maximum absolute atomic E-state index is 12.9. The molecule has 94 valence electrons. The van der Waals surface area contributed by atoms with Gasteiger partial charge in [0, 0.05) is 11.1 Å². The van der Waals surface area contributed by atoms with Gasteiger partial charge in [-0.15, -0.1) is 0 Å². The molecule has 1 aliphatic heterocycles. The molecule has 2 rings (SSSR count). The van der Waals surface area contributed by atoms with Crippen molar-refractivity contribution < 1.29 is 17.9 Å². The minimum Gasteiger partial charge on any atom is -0.374 e. The van der Waals surface area contributed by atoms with Gasteiger partial charge in [-0.2, -0.15) is 13.2 Å². The quantitative estimate of drug-likeness (QED) is 0.730. The fourth-order valence-corrected chi connectivity index (χ4v) is 2.40. The van der Waals surface area contributed by atoms with Crippen LogP contribution in [-0.4, -0.2) is 6.61 Å².